The van der Waals surface area contributed by atoms with Gasteiger partial charge in [0, 0.05) is 19.6 Å². The number of hydrogen-bond acceptors (Lipinski definition) is 5. The number of sulfonamides is 1. The number of nitrogens with zero attached hydrogens (tertiary/aromatic N) is 1. The maximum Gasteiger partial charge on any atom is 0.211 e. The molecule has 7 heteroatoms. The fourth-order valence-electron chi connectivity index (χ4n) is 3.35. The highest BCUT2D eigenvalue weighted by atomic mass is 32.2. The van der Waals surface area contributed by atoms with Crippen LogP contribution in [0.3, 0.4) is 0 Å². The lowest BCUT2D eigenvalue weighted by atomic mass is 9.83. The van der Waals surface area contributed by atoms with Crippen LogP contribution in [0.25, 0.3) is 0 Å². The van der Waals surface area contributed by atoms with E-state index >= 15 is 0 Å². The van der Waals surface area contributed by atoms with E-state index in [1.54, 1.807) is 6.92 Å². The maximum absolute atomic E-state index is 11.5. The smallest absolute Gasteiger partial charge is 0.211 e. The van der Waals surface area contributed by atoms with E-state index in [-0.39, 0.29) is 17.3 Å². The van der Waals surface area contributed by atoms with Crippen molar-refractivity contribution in [3.05, 3.63) is 23.7 Å². The summed E-state index contributed by atoms with van der Waals surface area (Å²) in [6.07, 6.45) is 2.01. The molecule has 6 nitrogen and oxygen atoms in total. The molecule has 2 saturated heterocycles. The Hall–Kier alpha value is -0.890. The van der Waals surface area contributed by atoms with Gasteiger partial charge in [-0.2, -0.15) is 0 Å². The standard InChI is InChI=1S/C16H26N2O4S/c1-3-23(19,20)17-8-14-6-7-16(21-10-14)11-18(12-16)9-15-5-4-13(2)22-15/h4-5,14,17H,3,6-12H2,1-2H3/t14-/m1/s1. The van der Waals surface area contributed by atoms with Gasteiger partial charge in [-0.15, -0.1) is 0 Å². The van der Waals surface area contributed by atoms with Gasteiger partial charge in [0.05, 0.1) is 24.5 Å². The third-order valence-electron chi connectivity index (χ3n) is 4.80. The van der Waals surface area contributed by atoms with Gasteiger partial charge < -0.3 is 9.15 Å². The van der Waals surface area contributed by atoms with Gasteiger partial charge in [0.1, 0.15) is 11.5 Å². The molecule has 1 N–H and O–H groups in total. The van der Waals surface area contributed by atoms with Crippen molar-refractivity contribution in [2.24, 2.45) is 5.92 Å². The summed E-state index contributed by atoms with van der Waals surface area (Å²) in [7, 11) is -3.10. The molecule has 0 unspecified atom stereocenters. The summed E-state index contributed by atoms with van der Waals surface area (Å²) >= 11 is 0. The van der Waals surface area contributed by atoms with Gasteiger partial charge in [-0.25, -0.2) is 13.1 Å². The molecule has 0 bridgehead atoms. The quantitative estimate of drug-likeness (QED) is 0.848. The van der Waals surface area contributed by atoms with Crippen LogP contribution in [0.5, 0.6) is 0 Å². The Kier molecular flexibility index (Phi) is 4.83. The van der Waals surface area contributed by atoms with E-state index in [4.69, 9.17) is 9.15 Å². The second-order valence-corrected chi connectivity index (χ2v) is 8.90. The van der Waals surface area contributed by atoms with E-state index in [0.29, 0.717) is 13.2 Å². The minimum absolute atomic E-state index is 0.0260. The number of nitrogens with one attached hydrogen (secondary N) is 1. The summed E-state index contributed by atoms with van der Waals surface area (Å²) in [5.74, 6) is 2.36. The van der Waals surface area contributed by atoms with Gasteiger partial charge in [-0.1, -0.05) is 0 Å². The van der Waals surface area contributed by atoms with Crippen molar-refractivity contribution in [2.75, 3.05) is 32.0 Å². The Balaban J connectivity index is 1.40. The average Bonchev–Trinajstić information content (AvgIpc) is 2.90. The average molecular weight is 342 g/mol. The Morgan fingerprint density at radius 3 is 2.74 bits per heavy atom. The summed E-state index contributed by atoms with van der Waals surface area (Å²) in [5, 5.41) is 0. The first-order chi connectivity index (χ1) is 10.9. The predicted molar refractivity (Wildman–Crippen MR) is 87.6 cm³/mol. The van der Waals surface area contributed by atoms with E-state index in [1.165, 1.54) is 0 Å². The molecule has 130 valence electrons. The lowest BCUT2D eigenvalue weighted by Gasteiger charge is -2.52. The van der Waals surface area contributed by atoms with Crippen LogP contribution in [0.2, 0.25) is 0 Å². The van der Waals surface area contributed by atoms with Crippen LogP contribution in [-0.2, 0) is 21.3 Å². The molecule has 3 rings (SSSR count). The Morgan fingerprint density at radius 1 is 1.39 bits per heavy atom. The van der Waals surface area contributed by atoms with Gasteiger partial charge in [0.25, 0.3) is 0 Å². The summed E-state index contributed by atoms with van der Waals surface area (Å²) in [4.78, 5) is 2.33. The van der Waals surface area contributed by atoms with Gasteiger partial charge >= 0.3 is 0 Å². The lowest BCUT2D eigenvalue weighted by Crippen LogP contribution is -2.64. The molecule has 1 aromatic heterocycles. The first-order valence-electron chi connectivity index (χ1n) is 8.29. The third-order valence-corrected chi connectivity index (χ3v) is 6.17. The van der Waals surface area contributed by atoms with Crippen molar-refractivity contribution in [1.29, 1.82) is 0 Å². The zero-order chi connectivity index (χ0) is 16.5. The monoisotopic (exact) mass is 342 g/mol. The van der Waals surface area contributed by atoms with Crippen LogP contribution < -0.4 is 4.72 Å². The first-order valence-corrected chi connectivity index (χ1v) is 9.94. The van der Waals surface area contributed by atoms with Crippen LogP contribution in [-0.4, -0.2) is 50.9 Å². The molecule has 0 amide bonds. The summed E-state index contributed by atoms with van der Waals surface area (Å²) in [6.45, 7) is 7.43. The zero-order valence-corrected chi connectivity index (χ0v) is 14.7. The fraction of sp³-hybridized carbons (Fsp3) is 0.750. The van der Waals surface area contributed by atoms with Crippen molar-refractivity contribution < 1.29 is 17.6 Å². The van der Waals surface area contributed by atoms with Crippen LogP contribution in [0.1, 0.15) is 31.3 Å². The summed E-state index contributed by atoms with van der Waals surface area (Å²) < 4.78 is 37.3. The van der Waals surface area contributed by atoms with Crippen LogP contribution in [0.15, 0.2) is 16.5 Å². The van der Waals surface area contributed by atoms with Crippen LogP contribution in [0, 0.1) is 12.8 Å². The largest absolute Gasteiger partial charge is 0.465 e. The highest BCUT2D eigenvalue weighted by Crippen LogP contribution is 2.36. The lowest BCUT2D eigenvalue weighted by molar-refractivity contribution is -0.181. The first kappa shape index (κ1) is 17.0. The second-order valence-electron chi connectivity index (χ2n) is 6.81. The molecule has 0 aliphatic carbocycles. The van der Waals surface area contributed by atoms with Crippen molar-refractivity contribution in [3.63, 3.8) is 0 Å². The summed E-state index contributed by atoms with van der Waals surface area (Å²) in [5.41, 5.74) is -0.0260. The van der Waals surface area contributed by atoms with Crippen molar-refractivity contribution in [1.82, 2.24) is 9.62 Å². The number of furan rings is 1. The molecule has 1 spiro atoms. The Bertz CT molecular complexity index is 624. The molecule has 2 fully saturated rings. The van der Waals surface area contributed by atoms with E-state index in [2.05, 4.69) is 9.62 Å². The van der Waals surface area contributed by atoms with Crippen molar-refractivity contribution in [2.45, 2.75) is 38.8 Å². The molecule has 1 aromatic rings. The molecule has 2 aliphatic rings. The van der Waals surface area contributed by atoms with Gasteiger partial charge in [-0.3, -0.25) is 4.90 Å². The number of rotatable bonds is 6. The molecular formula is C16H26N2O4S. The second kappa shape index (κ2) is 6.55. The van der Waals surface area contributed by atoms with Gasteiger partial charge in [-0.05, 0) is 44.7 Å². The van der Waals surface area contributed by atoms with Crippen LogP contribution in [0.4, 0.5) is 0 Å². The SMILES string of the molecule is CCS(=O)(=O)NC[C@H]1CCC2(CN(Cc3ccc(C)o3)C2)OC1. The van der Waals surface area contributed by atoms with Crippen molar-refractivity contribution in [3.8, 4) is 0 Å². The molecule has 3 heterocycles. The number of hydrogen-bond donors (Lipinski definition) is 1. The normalized spacial score (nSPS) is 24.7. The molecular weight excluding hydrogens is 316 g/mol. The number of aryl methyl sites for hydroxylation is 1. The highest BCUT2D eigenvalue weighted by molar-refractivity contribution is 7.89. The molecule has 2 aliphatic heterocycles. The van der Waals surface area contributed by atoms with E-state index in [1.807, 2.05) is 19.1 Å². The topological polar surface area (TPSA) is 71.8 Å². The van der Waals surface area contributed by atoms with Gasteiger partial charge in [0.2, 0.25) is 10.0 Å². The molecule has 23 heavy (non-hydrogen) atoms. The zero-order valence-electron chi connectivity index (χ0n) is 13.9. The highest BCUT2D eigenvalue weighted by Gasteiger charge is 2.46. The van der Waals surface area contributed by atoms with E-state index in [9.17, 15) is 8.42 Å². The van der Waals surface area contributed by atoms with E-state index in [0.717, 1.165) is 44.0 Å². The van der Waals surface area contributed by atoms with E-state index < -0.39 is 10.0 Å². The Morgan fingerprint density at radius 2 is 2.17 bits per heavy atom. The fourth-order valence-corrected chi connectivity index (χ4v) is 4.04. The molecule has 0 saturated carbocycles. The predicted octanol–water partition coefficient (Wildman–Crippen LogP) is 1.51. The molecule has 0 aromatic carbocycles. The maximum atomic E-state index is 11.5. The number of likely N-dealkylation sites (tertiary alicyclic amines) is 1. The molecule has 1 atom stereocenters. The minimum Gasteiger partial charge on any atom is -0.465 e. The summed E-state index contributed by atoms with van der Waals surface area (Å²) in [6, 6.07) is 4.02. The van der Waals surface area contributed by atoms with Gasteiger partial charge in [0.15, 0.2) is 0 Å². The van der Waals surface area contributed by atoms with Crippen molar-refractivity contribution >= 4 is 10.0 Å². The number of ether oxygens (including phenoxy) is 1. The minimum atomic E-state index is -3.10. The molecule has 0 radical (unpaired) electrons. The Labute approximate surface area is 138 Å². The van der Waals surface area contributed by atoms with Crippen LogP contribution >= 0.6 is 0 Å². The third kappa shape index (κ3) is 4.15.